The highest BCUT2D eigenvalue weighted by atomic mass is 35.5. The van der Waals surface area contributed by atoms with Crippen molar-refractivity contribution in [2.75, 3.05) is 14.1 Å². The second-order valence-corrected chi connectivity index (χ2v) is 0.847. The lowest BCUT2D eigenvalue weighted by molar-refractivity contribution is -0.0372. The van der Waals surface area contributed by atoms with Gasteiger partial charge in [-0.05, 0) is 0 Å². The van der Waals surface area contributed by atoms with Crippen molar-refractivity contribution in [3.05, 3.63) is 0 Å². The third kappa shape index (κ3) is 221. The molecule has 0 aromatic rings. The molecule has 0 heterocycles. The second kappa shape index (κ2) is 9.09. The fourth-order valence-electron chi connectivity index (χ4n) is 0. The summed E-state index contributed by atoms with van der Waals surface area (Å²) in [5.74, 6) is 0. The normalized spacial score (nSPS) is 6.00. The maximum Gasteiger partial charge on any atom is 0.0121 e. The molecule has 0 amide bonds. The first kappa shape index (κ1) is 16.1. The van der Waals surface area contributed by atoms with Crippen LogP contribution in [0.4, 0.5) is 0 Å². The summed E-state index contributed by atoms with van der Waals surface area (Å²) in [5, 5.41) is 8.89. The third-order valence-electron chi connectivity index (χ3n) is 0. The van der Waals surface area contributed by atoms with Gasteiger partial charge in [-0.15, -0.1) is 24.8 Å². The van der Waals surface area contributed by atoms with Crippen molar-refractivity contribution in [3.8, 4) is 0 Å². The molecule has 0 saturated carbocycles. The summed E-state index contributed by atoms with van der Waals surface area (Å²) in [6.07, 6.45) is 0. The number of hydrogen-bond acceptors (Lipinski definition) is 2. The standard InChI is InChI=1S/C2H7NO.2ClH/c1-3(2)4;;/h4H,1-2H3;2*1H. The summed E-state index contributed by atoms with van der Waals surface area (Å²) in [6.45, 7) is 0. The maximum absolute atomic E-state index is 7.89. The number of nitrogens with zero attached hydrogens (tertiary/aromatic N) is 1. The molecule has 0 atom stereocenters. The van der Waals surface area contributed by atoms with E-state index in [1.54, 1.807) is 14.1 Å². The van der Waals surface area contributed by atoms with E-state index in [9.17, 15) is 0 Å². The highest BCUT2D eigenvalue weighted by Crippen LogP contribution is 1.46. The van der Waals surface area contributed by atoms with Gasteiger partial charge < -0.3 is 5.21 Å². The lowest BCUT2D eigenvalue weighted by Crippen LogP contribution is -2.01. The van der Waals surface area contributed by atoms with Gasteiger partial charge in [0.2, 0.25) is 0 Å². The molecule has 0 aliphatic rings. The molecule has 0 aliphatic heterocycles. The molecule has 1 N–H and O–H groups in total. The van der Waals surface area contributed by atoms with E-state index in [0.29, 0.717) is 0 Å². The molecule has 6 heavy (non-hydrogen) atoms. The van der Waals surface area contributed by atoms with Crippen LogP contribution >= 0.6 is 24.8 Å². The van der Waals surface area contributed by atoms with Crippen molar-refractivity contribution < 1.29 is 5.21 Å². The average Bonchev–Trinajstić information content (AvgIpc) is 0.811. The number of halogens is 2. The Labute approximate surface area is 49.9 Å². The zero-order chi connectivity index (χ0) is 3.58. The lowest BCUT2D eigenvalue weighted by Gasteiger charge is -1.89. The van der Waals surface area contributed by atoms with Gasteiger partial charge in [0.05, 0.1) is 0 Å². The van der Waals surface area contributed by atoms with Crippen molar-refractivity contribution in [2.24, 2.45) is 0 Å². The Morgan fingerprint density at radius 1 is 1.17 bits per heavy atom. The van der Waals surface area contributed by atoms with Gasteiger partial charge in [-0.25, -0.2) is 0 Å². The van der Waals surface area contributed by atoms with Crippen LogP contribution < -0.4 is 0 Å². The monoisotopic (exact) mass is 133 g/mol. The minimum atomic E-state index is 0. The minimum absolute atomic E-state index is 0. The van der Waals surface area contributed by atoms with Crippen molar-refractivity contribution in [1.29, 1.82) is 0 Å². The van der Waals surface area contributed by atoms with E-state index >= 15 is 0 Å². The van der Waals surface area contributed by atoms with Crippen molar-refractivity contribution >= 4 is 24.8 Å². The largest absolute Gasteiger partial charge is 0.315 e. The highest BCUT2D eigenvalue weighted by Gasteiger charge is 1.59. The highest BCUT2D eigenvalue weighted by molar-refractivity contribution is 5.85. The fourth-order valence-corrected chi connectivity index (χ4v) is 0. The Bertz CT molecular complexity index is 16.3. The van der Waals surface area contributed by atoms with Crippen LogP contribution in [0, 0.1) is 0 Å². The predicted octanol–water partition coefficient (Wildman–Crippen LogP) is 0.781. The summed E-state index contributed by atoms with van der Waals surface area (Å²) in [5.41, 5.74) is 0. The topological polar surface area (TPSA) is 23.5 Å². The van der Waals surface area contributed by atoms with Gasteiger partial charge in [0.1, 0.15) is 0 Å². The van der Waals surface area contributed by atoms with Gasteiger partial charge in [-0.2, -0.15) is 5.06 Å². The maximum atomic E-state index is 7.89. The fraction of sp³-hybridized carbons (Fsp3) is 1.00. The van der Waals surface area contributed by atoms with Crippen LogP contribution in [0.1, 0.15) is 0 Å². The molecule has 0 aliphatic carbocycles. The molecular weight excluding hydrogens is 125 g/mol. The first-order chi connectivity index (χ1) is 1.73. The molecule has 0 saturated heterocycles. The van der Waals surface area contributed by atoms with Gasteiger partial charge >= 0.3 is 0 Å². The van der Waals surface area contributed by atoms with E-state index in [1.807, 2.05) is 0 Å². The van der Waals surface area contributed by atoms with E-state index in [2.05, 4.69) is 0 Å². The lowest BCUT2D eigenvalue weighted by atomic mass is 11.2. The van der Waals surface area contributed by atoms with Crippen LogP contribution in [-0.2, 0) is 0 Å². The summed E-state index contributed by atoms with van der Waals surface area (Å²) < 4.78 is 0. The molecule has 2 nitrogen and oxygen atoms in total. The molecule has 0 spiro atoms. The first-order valence-corrected chi connectivity index (χ1v) is 1.09. The number of hydroxylamine groups is 2. The van der Waals surface area contributed by atoms with E-state index < -0.39 is 0 Å². The zero-order valence-corrected chi connectivity index (χ0v) is 5.34. The van der Waals surface area contributed by atoms with Crippen LogP contribution in [-0.4, -0.2) is 24.4 Å². The third-order valence-corrected chi connectivity index (χ3v) is 0. The number of hydrogen-bond donors (Lipinski definition) is 1. The van der Waals surface area contributed by atoms with Gasteiger partial charge in [-0.3, -0.25) is 0 Å². The second-order valence-electron chi connectivity index (χ2n) is 0.847. The molecule has 0 rings (SSSR count). The van der Waals surface area contributed by atoms with E-state index in [4.69, 9.17) is 5.21 Å². The summed E-state index contributed by atoms with van der Waals surface area (Å²) >= 11 is 0. The number of rotatable bonds is 0. The van der Waals surface area contributed by atoms with Crippen molar-refractivity contribution in [1.82, 2.24) is 5.06 Å². The Kier molecular flexibility index (Phi) is 24.3. The minimum Gasteiger partial charge on any atom is -0.315 e. The van der Waals surface area contributed by atoms with Crippen LogP contribution in [0.3, 0.4) is 0 Å². The van der Waals surface area contributed by atoms with Crippen molar-refractivity contribution in [3.63, 3.8) is 0 Å². The molecule has 0 aromatic carbocycles. The molecule has 0 bridgehead atoms. The smallest absolute Gasteiger partial charge is 0.0121 e. The molecule has 0 unspecified atom stereocenters. The molecular formula is C2H9Cl2NO. The SMILES string of the molecule is CN(C)O.Cl.Cl. The Morgan fingerprint density at radius 3 is 1.17 bits per heavy atom. The average molecular weight is 134 g/mol. The summed E-state index contributed by atoms with van der Waals surface area (Å²) in [4.78, 5) is 0. The van der Waals surface area contributed by atoms with E-state index in [-0.39, 0.29) is 24.8 Å². The molecule has 42 valence electrons. The van der Waals surface area contributed by atoms with Crippen LogP contribution in [0.25, 0.3) is 0 Å². The van der Waals surface area contributed by atoms with Gasteiger partial charge in [0, 0.05) is 14.1 Å². The quantitative estimate of drug-likeness (QED) is 0.495. The molecule has 0 radical (unpaired) electrons. The van der Waals surface area contributed by atoms with Crippen LogP contribution in [0.5, 0.6) is 0 Å². The predicted molar refractivity (Wildman–Crippen MR) is 30.0 cm³/mol. The Morgan fingerprint density at radius 2 is 1.17 bits per heavy atom. The van der Waals surface area contributed by atoms with Crippen LogP contribution in [0.2, 0.25) is 0 Å². The molecule has 4 heteroatoms. The van der Waals surface area contributed by atoms with E-state index in [0.717, 1.165) is 5.06 Å². The molecule has 0 fully saturated rings. The van der Waals surface area contributed by atoms with Gasteiger partial charge in [0.15, 0.2) is 0 Å². The summed E-state index contributed by atoms with van der Waals surface area (Å²) in [6, 6.07) is 0. The van der Waals surface area contributed by atoms with Gasteiger partial charge in [-0.1, -0.05) is 0 Å². The van der Waals surface area contributed by atoms with Crippen LogP contribution in [0.15, 0.2) is 0 Å². The van der Waals surface area contributed by atoms with Gasteiger partial charge in [0.25, 0.3) is 0 Å². The Hall–Kier alpha value is 0.500. The first-order valence-electron chi connectivity index (χ1n) is 1.09. The zero-order valence-electron chi connectivity index (χ0n) is 3.71. The molecule has 0 aromatic heterocycles. The van der Waals surface area contributed by atoms with Crippen molar-refractivity contribution in [2.45, 2.75) is 0 Å². The van der Waals surface area contributed by atoms with E-state index in [1.165, 1.54) is 0 Å². The summed E-state index contributed by atoms with van der Waals surface area (Å²) in [7, 11) is 3.11. The Balaban J connectivity index is -0.0000000450.